The number of esters is 1. The number of amides is 2. The zero-order valence-corrected chi connectivity index (χ0v) is 50.4. The van der Waals surface area contributed by atoms with E-state index >= 15 is 0 Å². The highest BCUT2D eigenvalue weighted by atomic mass is 19.1. The third-order valence-corrected chi connectivity index (χ3v) is 17.3. The molecular weight excluding hydrogens is 1160 g/mol. The number of nitrogens with zero attached hydrogens (tertiary/aromatic N) is 4. The van der Waals surface area contributed by atoms with Crippen molar-refractivity contribution in [2.24, 2.45) is 34.0 Å². The molecule has 3 saturated carbocycles. The lowest BCUT2D eigenvalue weighted by Gasteiger charge is -2.14. The van der Waals surface area contributed by atoms with Crippen LogP contribution in [0, 0.1) is 65.0 Å². The standard InChI is InChI=1S/C24H23FN2O5.C24H23NO5.C23H21N3O3/c1-2-16-10-15(17-5-3-4-6-20(17)26-16)13-32-21-8-7-14(9-19(21)25)11-24(23(29)30)12-18(24)22(28)27-31;1-15-11-17(19-5-3-4-6-21(19)25-15)14-30-18-9-7-16(8-10-18)12-24(23(28)29-2)13-20(24)22(26)27;1-15-10-17(19-4-2-3-5-21(19)25-15)13-29-18-8-6-16(7-9-18)11-23(14-24)12-20(23)22(27)26-28/h3-10,18,31H,2,11-13H2,1H3,(H,27,28)(H,29,30);3-11,20H,12-14H2,1-2H3,(H,26,27);2-10,20,28H,11-13H2,1H3,(H,26,27)/t18-,24+;20-,24+;20-,23-/m111/s1. The summed E-state index contributed by atoms with van der Waals surface area (Å²) in [6.07, 6.45) is 2.41. The van der Waals surface area contributed by atoms with Gasteiger partial charge in [-0.25, -0.2) is 15.4 Å². The number of halogens is 1. The van der Waals surface area contributed by atoms with Crippen molar-refractivity contribution < 1.29 is 67.9 Å². The lowest BCUT2D eigenvalue weighted by atomic mass is 9.93. The smallest absolute Gasteiger partial charge is 0.313 e. The van der Waals surface area contributed by atoms with E-state index in [0.717, 1.165) is 89.8 Å². The highest BCUT2D eigenvalue weighted by molar-refractivity contribution is 5.93. The van der Waals surface area contributed by atoms with Crippen LogP contribution in [0.3, 0.4) is 0 Å². The molecule has 6 atom stereocenters. The van der Waals surface area contributed by atoms with E-state index < -0.39 is 69.5 Å². The third kappa shape index (κ3) is 14.2. The normalized spacial score (nSPS) is 19.9. The minimum absolute atomic E-state index is 0.0214. The molecule has 2 amide bonds. The first-order chi connectivity index (χ1) is 43.8. The van der Waals surface area contributed by atoms with Crippen molar-refractivity contribution in [3.05, 3.63) is 214 Å². The molecule has 0 unspecified atom stereocenters. The maximum atomic E-state index is 14.7. The van der Waals surface area contributed by atoms with Gasteiger partial charge in [-0.15, -0.1) is 0 Å². The second kappa shape index (κ2) is 27.2. The van der Waals surface area contributed by atoms with Crippen LogP contribution < -0.4 is 25.2 Å². The van der Waals surface area contributed by atoms with Gasteiger partial charge in [-0.1, -0.05) is 91.9 Å². The van der Waals surface area contributed by atoms with Gasteiger partial charge in [0.15, 0.2) is 11.6 Å². The van der Waals surface area contributed by atoms with Crippen LogP contribution in [0.4, 0.5) is 4.39 Å². The van der Waals surface area contributed by atoms with Crippen molar-refractivity contribution in [1.82, 2.24) is 25.9 Å². The van der Waals surface area contributed by atoms with Gasteiger partial charge < -0.3 is 29.2 Å². The van der Waals surface area contributed by atoms with Gasteiger partial charge in [0, 0.05) is 49.9 Å². The molecule has 0 saturated heterocycles. The van der Waals surface area contributed by atoms with Crippen molar-refractivity contribution in [3.63, 3.8) is 0 Å². The molecule has 12 rings (SSSR count). The van der Waals surface area contributed by atoms with Crippen LogP contribution in [0.2, 0.25) is 0 Å². The van der Waals surface area contributed by atoms with Crippen molar-refractivity contribution in [2.45, 2.75) is 85.5 Å². The van der Waals surface area contributed by atoms with E-state index in [1.54, 1.807) is 11.5 Å². The Kier molecular flexibility index (Phi) is 19.0. The number of hydrogen-bond donors (Lipinski definition) is 6. The molecule has 9 aromatic rings. The maximum absolute atomic E-state index is 14.7. The van der Waals surface area contributed by atoms with E-state index in [1.165, 1.54) is 24.7 Å². The summed E-state index contributed by atoms with van der Waals surface area (Å²) in [4.78, 5) is 72.1. The SMILES string of the molecule is CCc1cc(COc2ccc(C[C@]3(C(=O)O)C[C@@H]3C(=O)NO)cc2F)c2ccccc2n1.COC(=O)[C@@]1(Cc2ccc(OCc3cc(C)nc4ccccc34)cc2)C[C@@H]1C(=O)O.Cc1cc(COc2ccc(C[C@]3(C#N)C[C@@H]3C(=O)NO)cc2)c2ccccc2n1. The van der Waals surface area contributed by atoms with E-state index in [-0.39, 0.29) is 25.2 Å². The molecule has 91 heavy (non-hydrogen) atoms. The number of rotatable bonds is 21. The summed E-state index contributed by atoms with van der Waals surface area (Å²) in [6.45, 7) is 6.95. The number of nitrogens with one attached hydrogen (secondary N) is 2. The number of carboxylic acid groups (broad SMARTS) is 2. The molecule has 6 N–H and O–H groups in total. The molecule has 0 radical (unpaired) electrons. The van der Waals surface area contributed by atoms with Gasteiger partial charge in [-0.3, -0.25) is 49.3 Å². The first-order valence-corrected chi connectivity index (χ1v) is 29.6. The number of fused-ring (bicyclic) bond motifs is 3. The quantitative estimate of drug-likeness (QED) is 0.0221. The first-order valence-electron chi connectivity index (χ1n) is 29.6. The molecule has 3 fully saturated rings. The molecule has 3 aromatic heterocycles. The van der Waals surface area contributed by atoms with Gasteiger partial charge in [-0.05, 0) is 148 Å². The fourth-order valence-electron chi connectivity index (χ4n) is 12.0. The van der Waals surface area contributed by atoms with Crippen molar-refractivity contribution in [1.29, 1.82) is 5.26 Å². The third-order valence-electron chi connectivity index (χ3n) is 17.3. The van der Waals surface area contributed by atoms with E-state index in [2.05, 4.69) is 21.0 Å². The van der Waals surface area contributed by atoms with Crippen LogP contribution in [0.25, 0.3) is 32.7 Å². The number of aliphatic carboxylic acids is 2. The number of carbonyl (C=O) groups excluding carboxylic acids is 3. The van der Waals surface area contributed by atoms with Crippen LogP contribution in [0.15, 0.2) is 158 Å². The Morgan fingerprint density at radius 3 is 1.51 bits per heavy atom. The number of para-hydroxylation sites is 3. The lowest BCUT2D eigenvalue weighted by Crippen LogP contribution is -2.29. The molecule has 3 heterocycles. The summed E-state index contributed by atoms with van der Waals surface area (Å²) in [7, 11) is 1.29. The number of aryl methyl sites for hydroxylation is 3. The first kappa shape index (κ1) is 63.7. The second-order valence-corrected chi connectivity index (χ2v) is 23.4. The molecule has 466 valence electrons. The van der Waals surface area contributed by atoms with Gasteiger partial charge >= 0.3 is 17.9 Å². The molecule has 0 aliphatic heterocycles. The highest BCUT2D eigenvalue weighted by Gasteiger charge is 2.65. The molecular formula is C71H67FN6O13. The fraction of sp³-hybridized carbons (Fsp3) is 0.282. The van der Waals surface area contributed by atoms with Gasteiger partial charge in [0.05, 0.1) is 63.7 Å². The zero-order chi connectivity index (χ0) is 64.6. The predicted octanol–water partition coefficient (Wildman–Crippen LogP) is 11.3. The number of benzene rings is 6. The average molecular weight is 1230 g/mol. The van der Waals surface area contributed by atoms with E-state index in [9.17, 15) is 43.8 Å². The van der Waals surface area contributed by atoms with Gasteiger partial charge in [-0.2, -0.15) is 5.26 Å². The zero-order valence-electron chi connectivity index (χ0n) is 50.4. The Labute approximate surface area is 523 Å². The minimum atomic E-state index is -1.34. The van der Waals surface area contributed by atoms with Gasteiger partial charge in [0.25, 0.3) is 0 Å². The molecule has 3 aliphatic carbocycles. The summed E-state index contributed by atoms with van der Waals surface area (Å²) in [6, 6.07) is 51.2. The highest BCUT2D eigenvalue weighted by Crippen LogP contribution is 2.57. The Bertz CT molecular complexity index is 4280. The van der Waals surface area contributed by atoms with Gasteiger partial charge in [0.2, 0.25) is 11.8 Å². The van der Waals surface area contributed by atoms with E-state index in [4.69, 9.17) is 29.4 Å². The number of methoxy groups -OCH3 is 1. The van der Waals surface area contributed by atoms with Crippen LogP contribution in [-0.4, -0.2) is 72.4 Å². The molecule has 19 nitrogen and oxygen atoms in total. The Hall–Kier alpha value is -10.4. The van der Waals surface area contributed by atoms with E-state index in [0.29, 0.717) is 50.2 Å². The second-order valence-electron chi connectivity index (χ2n) is 23.4. The predicted molar refractivity (Wildman–Crippen MR) is 332 cm³/mol. The number of aromatic nitrogens is 3. The summed E-state index contributed by atoms with van der Waals surface area (Å²) in [5.41, 5.74) is 11.0. The van der Waals surface area contributed by atoms with Gasteiger partial charge in [0.1, 0.15) is 31.3 Å². The van der Waals surface area contributed by atoms with Crippen molar-refractivity contribution in [3.8, 4) is 23.3 Å². The monoisotopic (exact) mass is 1230 g/mol. The van der Waals surface area contributed by atoms with Crippen molar-refractivity contribution >= 4 is 62.4 Å². The number of hydroxylamine groups is 2. The maximum Gasteiger partial charge on any atom is 0.313 e. The number of hydrogen-bond acceptors (Lipinski definition) is 15. The molecule has 20 heteroatoms. The number of ether oxygens (including phenoxy) is 4. The molecule has 3 aliphatic rings. The number of pyridine rings is 3. The fourth-order valence-corrected chi connectivity index (χ4v) is 12.0. The number of nitriles is 1. The largest absolute Gasteiger partial charge is 0.489 e. The topological polar surface area (TPSA) is 290 Å². The number of carboxylic acids is 2. The summed E-state index contributed by atoms with van der Waals surface area (Å²) < 4.78 is 37.3. The van der Waals surface area contributed by atoms with Crippen LogP contribution in [-0.2, 0) is 74.2 Å². The van der Waals surface area contributed by atoms with Crippen LogP contribution >= 0.6 is 0 Å². The summed E-state index contributed by atoms with van der Waals surface area (Å²) in [5.74, 6) is -4.93. The summed E-state index contributed by atoms with van der Waals surface area (Å²) >= 11 is 0. The number of carbonyl (C=O) groups is 5. The van der Waals surface area contributed by atoms with Crippen LogP contribution in [0.5, 0.6) is 17.2 Å². The van der Waals surface area contributed by atoms with Crippen molar-refractivity contribution in [2.75, 3.05) is 7.11 Å². The molecule has 0 bridgehead atoms. The Balaban J connectivity index is 0.000000150. The van der Waals surface area contributed by atoms with E-state index in [1.807, 2.05) is 160 Å². The molecule has 0 spiro atoms. The lowest BCUT2D eigenvalue weighted by molar-refractivity contribution is -0.151. The summed E-state index contributed by atoms with van der Waals surface area (Å²) in [5, 5.41) is 49.0. The van der Waals surface area contributed by atoms with Crippen LogP contribution in [0.1, 0.15) is 76.6 Å². The minimum Gasteiger partial charge on any atom is -0.489 e. The molecule has 6 aromatic carbocycles. The Morgan fingerprint density at radius 1 is 0.571 bits per heavy atom. The Morgan fingerprint density at radius 2 is 1.03 bits per heavy atom. The average Bonchev–Trinajstić information content (AvgIpc) is 1.63.